The van der Waals surface area contributed by atoms with Gasteiger partial charge in [0.05, 0.1) is 12.6 Å². The molecule has 0 fully saturated rings. The molecule has 0 aliphatic carbocycles. The van der Waals surface area contributed by atoms with Crippen molar-refractivity contribution in [2.24, 2.45) is 0 Å². The Morgan fingerprint density at radius 1 is 1.45 bits per heavy atom. The minimum atomic E-state index is -0.181. The molecule has 1 atom stereocenters. The number of nitrogens with one attached hydrogen (secondary N) is 1. The van der Waals surface area contributed by atoms with Crippen LogP contribution in [0.4, 0.5) is 0 Å². The molecule has 2 aromatic heterocycles. The number of tetrazole rings is 1. The van der Waals surface area contributed by atoms with Gasteiger partial charge in [-0.15, -0.1) is 5.10 Å². The van der Waals surface area contributed by atoms with E-state index in [9.17, 15) is 4.79 Å². The maximum Gasteiger partial charge on any atom is 0.222 e. The second-order valence-electron chi connectivity index (χ2n) is 4.42. The van der Waals surface area contributed by atoms with Gasteiger partial charge in [0.2, 0.25) is 5.91 Å². The van der Waals surface area contributed by atoms with Crippen molar-refractivity contribution in [3.8, 4) is 0 Å². The molecular formula is C11H18N8O. The summed E-state index contributed by atoms with van der Waals surface area (Å²) >= 11 is 0. The third-order valence-electron chi connectivity index (χ3n) is 2.97. The highest BCUT2D eigenvalue weighted by Gasteiger charge is 2.15. The van der Waals surface area contributed by atoms with Crippen LogP contribution in [0.25, 0.3) is 0 Å². The summed E-state index contributed by atoms with van der Waals surface area (Å²) < 4.78 is 3.36. The maximum atomic E-state index is 11.9. The summed E-state index contributed by atoms with van der Waals surface area (Å²) in [7, 11) is 0. The van der Waals surface area contributed by atoms with Crippen LogP contribution in [0.2, 0.25) is 0 Å². The van der Waals surface area contributed by atoms with Gasteiger partial charge in [0.15, 0.2) is 0 Å². The average molecular weight is 278 g/mol. The lowest BCUT2D eigenvalue weighted by Crippen LogP contribution is -2.29. The zero-order valence-corrected chi connectivity index (χ0v) is 11.8. The minimum absolute atomic E-state index is 0.0712. The van der Waals surface area contributed by atoms with Crippen LogP contribution < -0.4 is 5.32 Å². The summed E-state index contributed by atoms with van der Waals surface area (Å²) in [5, 5.41) is 18.1. The molecule has 1 amide bonds. The van der Waals surface area contributed by atoms with Crippen molar-refractivity contribution in [2.45, 2.75) is 46.3 Å². The minimum Gasteiger partial charge on any atom is -0.346 e. The van der Waals surface area contributed by atoms with Crippen LogP contribution in [-0.2, 0) is 17.9 Å². The van der Waals surface area contributed by atoms with Gasteiger partial charge in [-0.3, -0.25) is 4.79 Å². The monoisotopic (exact) mass is 278 g/mol. The van der Waals surface area contributed by atoms with E-state index in [-0.39, 0.29) is 11.9 Å². The quantitative estimate of drug-likeness (QED) is 0.788. The highest BCUT2D eigenvalue weighted by molar-refractivity contribution is 5.76. The number of rotatable bonds is 6. The van der Waals surface area contributed by atoms with E-state index in [4.69, 9.17) is 0 Å². The first-order valence-corrected chi connectivity index (χ1v) is 6.51. The molecule has 0 unspecified atom stereocenters. The van der Waals surface area contributed by atoms with Crippen LogP contribution in [0, 0.1) is 6.92 Å². The predicted molar refractivity (Wildman–Crippen MR) is 69.4 cm³/mol. The van der Waals surface area contributed by atoms with Gasteiger partial charge in [-0.2, -0.15) is 5.10 Å². The number of carbonyl (C=O) groups excluding carboxylic acids is 1. The van der Waals surface area contributed by atoms with Crippen LogP contribution in [-0.4, -0.2) is 40.9 Å². The lowest BCUT2D eigenvalue weighted by atomic mass is 10.3. The van der Waals surface area contributed by atoms with Crippen LogP contribution in [0.1, 0.15) is 38.0 Å². The Morgan fingerprint density at radius 2 is 2.25 bits per heavy atom. The molecule has 0 aliphatic heterocycles. The van der Waals surface area contributed by atoms with Crippen molar-refractivity contribution in [1.29, 1.82) is 0 Å². The topological polar surface area (TPSA) is 103 Å². The Kier molecular flexibility index (Phi) is 4.38. The van der Waals surface area contributed by atoms with E-state index in [1.165, 1.54) is 6.33 Å². The molecule has 0 bridgehead atoms. The third kappa shape index (κ3) is 3.16. The number of aromatic nitrogens is 7. The molecule has 9 nitrogen and oxygen atoms in total. The molecule has 0 saturated carbocycles. The number of aryl methyl sites for hydroxylation is 3. The van der Waals surface area contributed by atoms with Gasteiger partial charge in [-0.25, -0.2) is 14.3 Å². The first-order valence-electron chi connectivity index (χ1n) is 6.51. The van der Waals surface area contributed by atoms with Gasteiger partial charge in [0.25, 0.3) is 0 Å². The van der Waals surface area contributed by atoms with Gasteiger partial charge in [0.1, 0.15) is 18.0 Å². The van der Waals surface area contributed by atoms with Crippen molar-refractivity contribution in [2.75, 3.05) is 0 Å². The van der Waals surface area contributed by atoms with Crippen molar-refractivity contribution < 1.29 is 4.79 Å². The number of nitrogens with zero attached hydrogens (tertiary/aromatic N) is 7. The van der Waals surface area contributed by atoms with E-state index in [0.717, 1.165) is 12.4 Å². The summed E-state index contributed by atoms with van der Waals surface area (Å²) in [5.41, 5.74) is 0. The summed E-state index contributed by atoms with van der Waals surface area (Å²) in [6.45, 7) is 6.84. The van der Waals surface area contributed by atoms with E-state index in [1.807, 2.05) is 13.8 Å². The largest absolute Gasteiger partial charge is 0.346 e. The summed E-state index contributed by atoms with van der Waals surface area (Å²) in [5.74, 6) is 1.37. The van der Waals surface area contributed by atoms with E-state index >= 15 is 0 Å². The number of hydrogen-bond donors (Lipinski definition) is 1. The Bertz CT molecular complexity index is 574. The highest BCUT2D eigenvalue weighted by atomic mass is 16.1. The molecule has 2 heterocycles. The Balaban J connectivity index is 1.87. The fourth-order valence-corrected chi connectivity index (χ4v) is 1.89. The number of hydrogen-bond acceptors (Lipinski definition) is 6. The lowest BCUT2D eigenvalue weighted by Gasteiger charge is -2.13. The zero-order chi connectivity index (χ0) is 14.5. The second kappa shape index (κ2) is 6.22. The molecule has 20 heavy (non-hydrogen) atoms. The van der Waals surface area contributed by atoms with Crippen LogP contribution in [0.15, 0.2) is 6.33 Å². The zero-order valence-electron chi connectivity index (χ0n) is 11.8. The van der Waals surface area contributed by atoms with Crippen LogP contribution in [0.5, 0.6) is 0 Å². The number of carbonyl (C=O) groups is 1. The summed E-state index contributed by atoms with van der Waals surface area (Å²) in [6.07, 6.45) is 1.81. The highest BCUT2D eigenvalue weighted by Crippen LogP contribution is 2.08. The van der Waals surface area contributed by atoms with E-state index < -0.39 is 0 Å². The normalized spacial score (nSPS) is 12.3. The molecular weight excluding hydrogens is 260 g/mol. The molecule has 0 saturated heterocycles. The van der Waals surface area contributed by atoms with E-state index in [1.54, 1.807) is 16.3 Å². The first-order chi connectivity index (χ1) is 9.61. The van der Waals surface area contributed by atoms with Gasteiger partial charge < -0.3 is 5.32 Å². The molecule has 9 heteroatoms. The molecule has 0 radical (unpaired) electrons. The molecule has 0 aromatic carbocycles. The molecule has 108 valence electrons. The van der Waals surface area contributed by atoms with Gasteiger partial charge in [-0.1, -0.05) is 0 Å². The van der Waals surface area contributed by atoms with E-state index in [2.05, 4.69) is 30.9 Å². The summed E-state index contributed by atoms with van der Waals surface area (Å²) in [6, 6.07) is -0.181. The van der Waals surface area contributed by atoms with Gasteiger partial charge in [0, 0.05) is 13.0 Å². The molecule has 0 spiro atoms. The third-order valence-corrected chi connectivity index (χ3v) is 2.97. The van der Waals surface area contributed by atoms with Gasteiger partial charge in [-0.05, 0) is 31.2 Å². The van der Waals surface area contributed by atoms with E-state index in [0.29, 0.717) is 18.8 Å². The standard InChI is InChI=1S/C11H18N8O/c1-4-18-11(12-7-13-18)8(2)14-10(20)5-6-19-9(3)15-16-17-19/h7-8H,4-6H2,1-3H3,(H,14,20)/t8-/m0/s1. The number of amides is 1. The average Bonchev–Trinajstić information content (AvgIpc) is 3.04. The van der Waals surface area contributed by atoms with Crippen molar-refractivity contribution in [3.05, 3.63) is 18.0 Å². The SMILES string of the molecule is CCn1ncnc1[C@H](C)NC(=O)CCn1nnnc1C. The van der Waals surface area contributed by atoms with Gasteiger partial charge >= 0.3 is 0 Å². The molecule has 1 N–H and O–H groups in total. The lowest BCUT2D eigenvalue weighted by molar-refractivity contribution is -0.122. The predicted octanol–water partition coefficient (Wildman–Crippen LogP) is -0.140. The second-order valence-corrected chi connectivity index (χ2v) is 4.42. The molecule has 2 rings (SSSR count). The van der Waals surface area contributed by atoms with Crippen molar-refractivity contribution in [1.82, 2.24) is 40.3 Å². The van der Waals surface area contributed by atoms with Crippen LogP contribution in [0.3, 0.4) is 0 Å². The van der Waals surface area contributed by atoms with Crippen LogP contribution >= 0.6 is 0 Å². The van der Waals surface area contributed by atoms with Crippen molar-refractivity contribution >= 4 is 5.91 Å². The molecule has 0 aliphatic rings. The first kappa shape index (κ1) is 14.1. The fourth-order valence-electron chi connectivity index (χ4n) is 1.89. The Morgan fingerprint density at radius 3 is 2.90 bits per heavy atom. The summed E-state index contributed by atoms with van der Waals surface area (Å²) in [4.78, 5) is 16.1. The van der Waals surface area contributed by atoms with Crippen molar-refractivity contribution in [3.63, 3.8) is 0 Å². The molecule has 2 aromatic rings. The Labute approximate surface area is 116 Å². The fraction of sp³-hybridized carbons (Fsp3) is 0.636. The Hall–Kier alpha value is -2.32. The maximum absolute atomic E-state index is 11.9. The smallest absolute Gasteiger partial charge is 0.222 e.